The zero-order valence-corrected chi connectivity index (χ0v) is 23.1. The van der Waals surface area contributed by atoms with Gasteiger partial charge in [0.05, 0.1) is 30.1 Å². The third-order valence-electron chi connectivity index (χ3n) is 7.19. The molecule has 4 amide bonds. The van der Waals surface area contributed by atoms with E-state index >= 15 is 0 Å². The molecule has 222 valence electrons. The van der Waals surface area contributed by atoms with Crippen LogP contribution in [-0.2, 0) is 20.8 Å². The number of hydroxylamine groups is 2. The molecule has 1 saturated heterocycles. The predicted octanol–water partition coefficient (Wildman–Crippen LogP) is 0.766. The molecule has 4 rings (SSSR count). The first kappa shape index (κ1) is 30.6. The van der Waals surface area contributed by atoms with Gasteiger partial charge in [-0.05, 0) is 43.5 Å². The number of amides is 4. The van der Waals surface area contributed by atoms with Crippen molar-refractivity contribution >= 4 is 34.5 Å². The van der Waals surface area contributed by atoms with Crippen molar-refractivity contribution in [1.82, 2.24) is 26.0 Å². The number of pyridine rings is 1. The molecule has 0 aliphatic carbocycles. The van der Waals surface area contributed by atoms with Gasteiger partial charge in [0.2, 0.25) is 17.7 Å². The third-order valence-corrected chi connectivity index (χ3v) is 7.19. The Balaban J connectivity index is 1.46. The normalized spacial score (nSPS) is 17.5. The highest BCUT2D eigenvalue weighted by molar-refractivity contribution is 5.99. The second-order valence-electron chi connectivity index (χ2n) is 10.4. The minimum Gasteiger partial charge on any atom is -0.785 e. The lowest BCUT2D eigenvalue weighted by molar-refractivity contribution is -0.128. The standard InChI is InChI=1S/C30H35N6O6/c31-27(38)17-24(35-28(39)22-14-13-20-10-4-5-11-21(20)33-22)29(40)34-23(16-19-8-2-1-3-9-19)26(37)18-32-30(41)25-12-6-7-15-36(25)42/h1-5,8-11,13-14,23-26,37H,6-7,12,15-18H2,(H2,31,38)(H,32,41)(H,34,40)(H,35,39)/q-1/t23-,24-,25?,26+/m0/s1. The van der Waals surface area contributed by atoms with Crippen molar-refractivity contribution < 1.29 is 24.3 Å². The second kappa shape index (κ2) is 14.5. The van der Waals surface area contributed by atoms with E-state index in [-0.39, 0.29) is 25.2 Å². The molecule has 0 saturated carbocycles. The van der Waals surface area contributed by atoms with E-state index in [4.69, 9.17) is 5.73 Å². The highest BCUT2D eigenvalue weighted by atomic mass is 16.5. The van der Waals surface area contributed by atoms with Gasteiger partial charge in [0.15, 0.2) is 0 Å². The second-order valence-corrected chi connectivity index (χ2v) is 10.4. The highest BCUT2D eigenvalue weighted by Gasteiger charge is 2.30. The largest absolute Gasteiger partial charge is 0.785 e. The molecule has 4 atom stereocenters. The molecule has 42 heavy (non-hydrogen) atoms. The summed E-state index contributed by atoms with van der Waals surface area (Å²) in [4.78, 5) is 55.2. The topological polar surface area (TPSA) is 190 Å². The molecule has 1 unspecified atom stereocenters. The van der Waals surface area contributed by atoms with Gasteiger partial charge in [-0.25, -0.2) is 4.98 Å². The number of piperidine rings is 1. The number of carbonyl (C=O) groups excluding carboxylic acids is 4. The van der Waals surface area contributed by atoms with E-state index in [1.165, 1.54) is 6.07 Å². The SMILES string of the molecule is NC(=O)C[C@H](NC(=O)c1ccc2ccccc2n1)C(=O)N[C@@H](Cc1ccccc1)[C@H](O)CNC(=O)C1CCCCN1[O-]. The number of nitrogens with one attached hydrogen (secondary N) is 3. The Morgan fingerprint density at radius 3 is 2.48 bits per heavy atom. The highest BCUT2D eigenvalue weighted by Crippen LogP contribution is 2.16. The molecule has 0 radical (unpaired) electrons. The summed E-state index contributed by atoms with van der Waals surface area (Å²) in [6.45, 7) is 0.0455. The van der Waals surface area contributed by atoms with Gasteiger partial charge in [-0.2, -0.15) is 0 Å². The Kier molecular flexibility index (Phi) is 10.5. The minimum atomic E-state index is -1.35. The van der Waals surface area contributed by atoms with Crippen LogP contribution >= 0.6 is 0 Å². The molecule has 1 aliphatic heterocycles. The van der Waals surface area contributed by atoms with Crippen molar-refractivity contribution in [2.45, 2.75) is 56.3 Å². The fourth-order valence-electron chi connectivity index (χ4n) is 4.90. The van der Waals surface area contributed by atoms with Crippen LogP contribution in [0.4, 0.5) is 0 Å². The van der Waals surface area contributed by atoms with Crippen molar-refractivity contribution in [2.24, 2.45) is 5.73 Å². The van der Waals surface area contributed by atoms with Gasteiger partial charge in [-0.3, -0.25) is 19.2 Å². The molecule has 2 heterocycles. The summed E-state index contributed by atoms with van der Waals surface area (Å²) in [6, 6.07) is 16.4. The number of para-hydroxylation sites is 1. The molecule has 1 aromatic heterocycles. The number of rotatable bonds is 12. The number of primary amides is 1. The van der Waals surface area contributed by atoms with Gasteiger partial charge in [0.25, 0.3) is 5.91 Å². The number of carbonyl (C=O) groups is 4. The molecule has 12 nitrogen and oxygen atoms in total. The van der Waals surface area contributed by atoms with Crippen molar-refractivity contribution in [1.29, 1.82) is 0 Å². The maximum atomic E-state index is 13.4. The summed E-state index contributed by atoms with van der Waals surface area (Å²) in [5.74, 6) is -2.73. The number of aliphatic hydroxyl groups excluding tert-OH is 1. The van der Waals surface area contributed by atoms with Crippen molar-refractivity contribution in [3.05, 3.63) is 83.2 Å². The Bertz CT molecular complexity index is 1400. The van der Waals surface area contributed by atoms with Gasteiger partial charge in [-0.15, -0.1) is 0 Å². The van der Waals surface area contributed by atoms with Crippen molar-refractivity contribution in [3.63, 3.8) is 0 Å². The average molecular weight is 576 g/mol. The van der Waals surface area contributed by atoms with Gasteiger partial charge in [0, 0.05) is 11.9 Å². The van der Waals surface area contributed by atoms with Crippen molar-refractivity contribution in [2.75, 3.05) is 13.1 Å². The maximum absolute atomic E-state index is 13.4. The summed E-state index contributed by atoms with van der Waals surface area (Å²) in [5, 5.41) is 32.6. The van der Waals surface area contributed by atoms with Crippen LogP contribution in [0.25, 0.3) is 10.9 Å². The van der Waals surface area contributed by atoms with E-state index in [0.29, 0.717) is 11.9 Å². The predicted molar refractivity (Wildman–Crippen MR) is 156 cm³/mol. The molecular formula is C30H35N6O6-. The van der Waals surface area contributed by atoms with Crippen LogP contribution in [0.5, 0.6) is 0 Å². The molecule has 2 aromatic carbocycles. The van der Waals surface area contributed by atoms with E-state index in [1.807, 2.05) is 30.3 Å². The van der Waals surface area contributed by atoms with E-state index in [2.05, 4.69) is 20.9 Å². The molecule has 1 aliphatic rings. The average Bonchev–Trinajstić information content (AvgIpc) is 2.99. The van der Waals surface area contributed by atoms with Crippen LogP contribution in [0.3, 0.4) is 0 Å². The summed E-state index contributed by atoms with van der Waals surface area (Å²) in [5.41, 5.74) is 6.81. The van der Waals surface area contributed by atoms with E-state index in [9.17, 15) is 29.5 Å². The quantitative estimate of drug-likeness (QED) is 0.209. The van der Waals surface area contributed by atoms with Crippen LogP contribution in [0.15, 0.2) is 66.7 Å². The van der Waals surface area contributed by atoms with Gasteiger partial charge >= 0.3 is 0 Å². The molecule has 12 heteroatoms. The van der Waals surface area contributed by atoms with Crippen LogP contribution in [-0.4, -0.2) is 76.1 Å². The molecule has 0 bridgehead atoms. The Morgan fingerprint density at radius 1 is 1.00 bits per heavy atom. The van der Waals surface area contributed by atoms with E-state index in [0.717, 1.165) is 28.9 Å². The van der Waals surface area contributed by atoms with Crippen LogP contribution in [0.1, 0.15) is 41.7 Å². The Hall–Kier alpha value is -4.39. The number of nitrogens with zero attached hydrogens (tertiary/aromatic N) is 2. The number of hydrogen-bond donors (Lipinski definition) is 5. The number of nitrogens with two attached hydrogens (primary N) is 1. The minimum absolute atomic E-state index is 0.0506. The fourth-order valence-corrected chi connectivity index (χ4v) is 4.90. The first-order valence-corrected chi connectivity index (χ1v) is 13.9. The number of fused-ring (bicyclic) bond motifs is 1. The lowest BCUT2D eigenvalue weighted by Crippen LogP contribution is -2.56. The van der Waals surface area contributed by atoms with Gasteiger partial charge in [0.1, 0.15) is 11.7 Å². The van der Waals surface area contributed by atoms with E-state index < -0.39 is 54.3 Å². The van der Waals surface area contributed by atoms with Crippen LogP contribution in [0, 0.1) is 5.21 Å². The summed E-state index contributed by atoms with van der Waals surface area (Å²) < 4.78 is 0. The van der Waals surface area contributed by atoms with Crippen LogP contribution < -0.4 is 21.7 Å². The summed E-state index contributed by atoms with van der Waals surface area (Å²) in [7, 11) is 0. The first-order valence-electron chi connectivity index (χ1n) is 13.9. The lowest BCUT2D eigenvalue weighted by atomic mass is 9.99. The van der Waals surface area contributed by atoms with E-state index in [1.54, 1.807) is 30.3 Å². The van der Waals surface area contributed by atoms with Crippen molar-refractivity contribution in [3.8, 4) is 0 Å². The summed E-state index contributed by atoms with van der Waals surface area (Å²) in [6.07, 6.45) is 0.348. The van der Waals surface area contributed by atoms with Gasteiger partial charge < -0.3 is 37.1 Å². The monoisotopic (exact) mass is 575 g/mol. The maximum Gasteiger partial charge on any atom is 0.270 e. The molecular weight excluding hydrogens is 540 g/mol. The smallest absolute Gasteiger partial charge is 0.270 e. The first-order chi connectivity index (χ1) is 20.2. The van der Waals surface area contributed by atoms with Gasteiger partial charge in [-0.1, -0.05) is 61.0 Å². The Labute approximate surface area is 243 Å². The number of hydrogen-bond acceptors (Lipinski definition) is 8. The molecule has 3 aromatic rings. The zero-order valence-electron chi connectivity index (χ0n) is 23.1. The number of aromatic nitrogens is 1. The number of benzene rings is 2. The summed E-state index contributed by atoms with van der Waals surface area (Å²) >= 11 is 0. The zero-order chi connectivity index (χ0) is 30.1. The lowest BCUT2D eigenvalue weighted by Gasteiger charge is -2.39. The number of aliphatic hydroxyl groups is 1. The molecule has 0 spiro atoms. The molecule has 1 fully saturated rings. The third kappa shape index (κ3) is 8.32. The molecule has 6 N–H and O–H groups in total. The Morgan fingerprint density at radius 2 is 1.74 bits per heavy atom. The fraction of sp³-hybridized carbons (Fsp3) is 0.367. The van der Waals surface area contributed by atoms with Crippen LogP contribution in [0.2, 0.25) is 0 Å².